The summed E-state index contributed by atoms with van der Waals surface area (Å²) in [4.78, 5) is 20.5. The second kappa shape index (κ2) is 8.55. The molecule has 1 aliphatic heterocycles. The highest BCUT2D eigenvalue weighted by atomic mass is 19.1. The van der Waals surface area contributed by atoms with Gasteiger partial charge in [-0.15, -0.1) is 0 Å². The third kappa shape index (κ3) is 4.14. The highest BCUT2D eigenvalue weighted by Crippen LogP contribution is 2.38. The van der Waals surface area contributed by atoms with Crippen molar-refractivity contribution in [2.45, 2.75) is 31.2 Å². The predicted octanol–water partition coefficient (Wildman–Crippen LogP) is 2.43. The molecule has 0 saturated carbocycles. The molecular weight excluding hydrogens is 394 g/mol. The average molecular weight is 414 g/mol. The predicted molar refractivity (Wildman–Crippen MR) is 104 cm³/mol. The molecule has 7 nitrogen and oxygen atoms in total. The Hall–Kier alpha value is -3.38. The second-order valence-corrected chi connectivity index (χ2v) is 7.07. The van der Waals surface area contributed by atoms with Crippen LogP contribution in [0.3, 0.4) is 0 Å². The molecule has 0 radical (unpaired) electrons. The summed E-state index contributed by atoms with van der Waals surface area (Å²) < 4.78 is 40.0. The Balaban J connectivity index is 1.91. The molecule has 0 saturated heterocycles. The standard InChI is InChI=1S/C21H20F2N4O3/c1-21(19(23)18(11-29-2)30-20(25)27-21)14-7-12(3-5-15(14)22)8-17(28)16-6-4-13(9-24)10-26-16/h3-7,10,18-19H,8,11H2,1-2H3,(H2,25,27)/t18-,19+,21-/m1/s1. The molecule has 9 heteroatoms. The summed E-state index contributed by atoms with van der Waals surface area (Å²) in [6.07, 6.45) is -1.57. The summed E-state index contributed by atoms with van der Waals surface area (Å²) in [7, 11) is 1.39. The van der Waals surface area contributed by atoms with Crippen LogP contribution in [0.1, 0.15) is 34.1 Å². The Labute approximate surface area is 172 Å². The summed E-state index contributed by atoms with van der Waals surface area (Å²) in [6.45, 7) is 1.33. The van der Waals surface area contributed by atoms with Gasteiger partial charge in [0.05, 0.1) is 12.2 Å². The number of nitrogens with two attached hydrogens (primary N) is 1. The van der Waals surface area contributed by atoms with Crippen molar-refractivity contribution in [1.82, 2.24) is 4.98 Å². The van der Waals surface area contributed by atoms with Crippen molar-refractivity contribution < 1.29 is 23.0 Å². The van der Waals surface area contributed by atoms with Gasteiger partial charge in [-0.3, -0.25) is 9.78 Å². The van der Waals surface area contributed by atoms with Crippen LogP contribution in [0.25, 0.3) is 0 Å². The molecule has 0 fully saturated rings. The van der Waals surface area contributed by atoms with Crippen molar-refractivity contribution in [3.8, 4) is 6.07 Å². The maximum atomic E-state index is 15.2. The highest BCUT2D eigenvalue weighted by Gasteiger charge is 2.47. The van der Waals surface area contributed by atoms with E-state index in [1.807, 2.05) is 6.07 Å². The number of rotatable bonds is 6. The lowest BCUT2D eigenvalue weighted by Crippen LogP contribution is -2.51. The van der Waals surface area contributed by atoms with Crippen LogP contribution in [-0.4, -0.2) is 42.8 Å². The molecule has 0 amide bonds. The Bertz CT molecular complexity index is 1020. The number of hydrogen-bond acceptors (Lipinski definition) is 7. The van der Waals surface area contributed by atoms with Gasteiger partial charge in [-0.2, -0.15) is 5.26 Å². The third-order valence-corrected chi connectivity index (χ3v) is 4.93. The molecule has 3 atom stereocenters. The zero-order chi connectivity index (χ0) is 21.9. The van der Waals surface area contributed by atoms with E-state index in [-0.39, 0.29) is 36.1 Å². The second-order valence-electron chi connectivity index (χ2n) is 7.07. The molecule has 2 N–H and O–H groups in total. The van der Waals surface area contributed by atoms with Crippen LogP contribution in [-0.2, 0) is 21.4 Å². The lowest BCUT2D eigenvalue weighted by atomic mass is 9.83. The fraction of sp³-hybridized carbons (Fsp3) is 0.333. The highest BCUT2D eigenvalue weighted by molar-refractivity contribution is 5.95. The number of ether oxygens (including phenoxy) is 2. The molecule has 156 valence electrons. The lowest BCUT2D eigenvalue weighted by Gasteiger charge is -2.38. The van der Waals surface area contributed by atoms with Crippen LogP contribution in [0.2, 0.25) is 0 Å². The minimum absolute atomic E-state index is 0.0413. The van der Waals surface area contributed by atoms with Crippen molar-refractivity contribution in [2.24, 2.45) is 10.7 Å². The molecule has 2 aromatic rings. The fourth-order valence-electron chi connectivity index (χ4n) is 3.36. The first-order valence-corrected chi connectivity index (χ1v) is 9.11. The van der Waals surface area contributed by atoms with Crippen LogP contribution in [0.4, 0.5) is 8.78 Å². The topological polar surface area (TPSA) is 111 Å². The Morgan fingerprint density at radius 1 is 1.40 bits per heavy atom. The van der Waals surface area contributed by atoms with Crippen LogP contribution >= 0.6 is 0 Å². The number of benzene rings is 1. The summed E-state index contributed by atoms with van der Waals surface area (Å²) in [6, 6.07) is 8.59. The average Bonchev–Trinajstić information content (AvgIpc) is 2.73. The molecule has 0 bridgehead atoms. The zero-order valence-corrected chi connectivity index (χ0v) is 16.4. The van der Waals surface area contributed by atoms with Crippen LogP contribution in [0.5, 0.6) is 0 Å². The van der Waals surface area contributed by atoms with E-state index in [1.54, 1.807) is 0 Å². The minimum Gasteiger partial charge on any atom is -0.456 e. The Morgan fingerprint density at radius 2 is 2.17 bits per heavy atom. The summed E-state index contributed by atoms with van der Waals surface area (Å²) in [5, 5.41) is 8.82. The van der Waals surface area contributed by atoms with E-state index in [1.165, 1.54) is 44.5 Å². The van der Waals surface area contributed by atoms with E-state index < -0.39 is 23.6 Å². The monoisotopic (exact) mass is 414 g/mol. The number of hydrogen-bond donors (Lipinski definition) is 1. The van der Waals surface area contributed by atoms with E-state index in [4.69, 9.17) is 20.5 Å². The number of methoxy groups -OCH3 is 1. The van der Waals surface area contributed by atoms with Gasteiger partial charge in [0.2, 0.25) is 0 Å². The lowest BCUT2D eigenvalue weighted by molar-refractivity contribution is -0.0257. The van der Waals surface area contributed by atoms with E-state index in [9.17, 15) is 9.18 Å². The molecule has 0 unspecified atom stereocenters. The van der Waals surface area contributed by atoms with Crippen molar-refractivity contribution in [1.29, 1.82) is 5.26 Å². The van der Waals surface area contributed by atoms with Crippen LogP contribution in [0.15, 0.2) is 41.5 Å². The minimum atomic E-state index is -1.73. The smallest absolute Gasteiger partial charge is 0.283 e. The molecule has 30 heavy (non-hydrogen) atoms. The van der Waals surface area contributed by atoms with Gasteiger partial charge in [0.1, 0.15) is 23.1 Å². The maximum Gasteiger partial charge on any atom is 0.283 e. The van der Waals surface area contributed by atoms with E-state index in [0.29, 0.717) is 11.1 Å². The number of carbonyl (C=O) groups is 1. The molecular formula is C21H20F2N4O3. The number of Topliss-reactive ketones (excluding diaryl/α,β-unsaturated/α-hetero) is 1. The number of carbonyl (C=O) groups excluding carboxylic acids is 1. The van der Waals surface area contributed by atoms with Crippen molar-refractivity contribution >= 4 is 11.8 Å². The number of aliphatic imine (C=N–C) groups is 1. The number of alkyl halides is 1. The van der Waals surface area contributed by atoms with Gasteiger partial charge in [0.15, 0.2) is 18.1 Å². The van der Waals surface area contributed by atoms with Crippen LogP contribution in [0, 0.1) is 17.1 Å². The van der Waals surface area contributed by atoms with Gasteiger partial charge in [-0.05, 0) is 36.8 Å². The summed E-state index contributed by atoms with van der Waals surface area (Å²) in [5.41, 5.74) is 4.96. The number of nitriles is 1. The number of nitrogens with zero attached hydrogens (tertiary/aromatic N) is 3. The first kappa shape index (κ1) is 21.3. The number of halogens is 2. The molecule has 0 aliphatic carbocycles. The van der Waals surface area contributed by atoms with Gasteiger partial charge >= 0.3 is 0 Å². The van der Waals surface area contributed by atoms with Crippen LogP contribution < -0.4 is 5.73 Å². The zero-order valence-electron chi connectivity index (χ0n) is 16.4. The first-order chi connectivity index (χ1) is 14.3. The van der Waals surface area contributed by atoms with E-state index in [2.05, 4.69) is 9.98 Å². The van der Waals surface area contributed by atoms with Gasteiger partial charge < -0.3 is 15.2 Å². The SMILES string of the molecule is COC[C@H]1OC(N)=N[C@](C)(c2cc(CC(=O)c3ccc(C#N)cn3)ccc2F)[C@H]1F. The number of amidine groups is 1. The van der Waals surface area contributed by atoms with Crippen molar-refractivity contribution in [3.05, 3.63) is 64.7 Å². The summed E-state index contributed by atoms with van der Waals surface area (Å²) >= 11 is 0. The largest absolute Gasteiger partial charge is 0.456 e. The number of ketones is 1. The van der Waals surface area contributed by atoms with Crippen molar-refractivity contribution in [3.63, 3.8) is 0 Å². The normalized spacial score (nSPS) is 23.2. The molecule has 1 aromatic carbocycles. The van der Waals surface area contributed by atoms with Gasteiger partial charge in [0, 0.05) is 25.3 Å². The fourth-order valence-corrected chi connectivity index (χ4v) is 3.36. The van der Waals surface area contributed by atoms with Gasteiger partial charge in [0.25, 0.3) is 6.02 Å². The van der Waals surface area contributed by atoms with E-state index >= 15 is 4.39 Å². The molecule has 1 aromatic heterocycles. The number of pyridine rings is 1. The van der Waals surface area contributed by atoms with Gasteiger partial charge in [-0.1, -0.05) is 6.07 Å². The third-order valence-electron chi connectivity index (χ3n) is 4.93. The molecule has 1 aliphatic rings. The first-order valence-electron chi connectivity index (χ1n) is 9.11. The molecule has 0 spiro atoms. The van der Waals surface area contributed by atoms with Crippen molar-refractivity contribution in [2.75, 3.05) is 13.7 Å². The Kier molecular flexibility index (Phi) is 6.08. The van der Waals surface area contributed by atoms with E-state index in [0.717, 1.165) is 6.07 Å². The maximum absolute atomic E-state index is 15.2. The Morgan fingerprint density at radius 3 is 2.80 bits per heavy atom. The van der Waals surface area contributed by atoms with Gasteiger partial charge in [-0.25, -0.2) is 13.8 Å². The number of aromatic nitrogens is 1. The quantitative estimate of drug-likeness (QED) is 0.727. The molecule has 3 rings (SSSR count). The molecule has 2 heterocycles. The summed E-state index contributed by atoms with van der Waals surface area (Å²) in [5.74, 6) is -1.01.